The summed E-state index contributed by atoms with van der Waals surface area (Å²) in [5, 5.41) is 5.58. The molecule has 0 bridgehead atoms. The quantitative estimate of drug-likeness (QED) is 0.803. The van der Waals surface area contributed by atoms with Crippen molar-refractivity contribution in [2.24, 2.45) is 0 Å². The maximum Gasteiger partial charge on any atom is 0.137 e. The predicted molar refractivity (Wildman–Crippen MR) is 73.5 cm³/mol. The highest BCUT2D eigenvalue weighted by Crippen LogP contribution is 2.36. The van der Waals surface area contributed by atoms with Crippen LogP contribution in [0.4, 0.5) is 4.39 Å². The second-order valence-electron chi connectivity index (χ2n) is 5.13. The summed E-state index contributed by atoms with van der Waals surface area (Å²) in [6, 6.07) is 14.1. The molecule has 1 heterocycles. The molecular formula is C16H18FN. The lowest BCUT2D eigenvalue weighted by atomic mass is 9.87. The molecule has 1 fully saturated rings. The van der Waals surface area contributed by atoms with Crippen LogP contribution in [-0.4, -0.2) is 13.1 Å². The maximum atomic E-state index is 15.1. The molecule has 0 saturated carbocycles. The van der Waals surface area contributed by atoms with E-state index in [2.05, 4.69) is 17.4 Å². The highest BCUT2D eigenvalue weighted by Gasteiger charge is 2.32. The Morgan fingerprint density at radius 3 is 2.67 bits per heavy atom. The fourth-order valence-corrected chi connectivity index (χ4v) is 2.79. The first-order chi connectivity index (χ1) is 8.78. The molecule has 94 valence electrons. The van der Waals surface area contributed by atoms with Gasteiger partial charge in [-0.05, 0) is 54.8 Å². The summed E-state index contributed by atoms with van der Waals surface area (Å²) in [5.41, 5.74) is -0.321. The molecule has 2 aromatic carbocycles. The van der Waals surface area contributed by atoms with Crippen molar-refractivity contribution < 1.29 is 4.39 Å². The Labute approximate surface area is 107 Å². The molecule has 1 N–H and O–H groups in total. The third kappa shape index (κ3) is 2.13. The summed E-state index contributed by atoms with van der Waals surface area (Å²) >= 11 is 0. The number of rotatable bonds is 1. The molecule has 3 rings (SSSR count). The standard InChI is InChI=1S/C16H18FN/c17-16(8-3-10-18-11-9-16)15-7-6-13-4-1-2-5-14(13)12-15/h1-2,4-7,12,18H,3,8-11H2. The first kappa shape index (κ1) is 11.7. The third-order valence-corrected chi connectivity index (χ3v) is 3.89. The summed E-state index contributed by atoms with van der Waals surface area (Å²) in [6.45, 7) is 1.70. The highest BCUT2D eigenvalue weighted by molar-refractivity contribution is 5.83. The zero-order valence-electron chi connectivity index (χ0n) is 10.5. The Balaban J connectivity index is 2.02. The van der Waals surface area contributed by atoms with Crippen LogP contribution in [0.15, 0.2) is 42.5 Å². The molecule has 1 aliphatic rings. The van der Waals surface area contributed by atoms with Gasteiger partial charge in [0, 0.05) is 0 Å². The van der Waals surface area contributed by atoms with Gasteiger partial charge in [-0.25, -0.2) is 4.39 Å². The number of halogens is 1. The smallest absolute Gasteiger partial charge is 0.137 e. The van der Waals surface area contributed by atoms with Crippen molar-refractivity contribution in [3.05, 3.63) is 48.0 Å². The number of fused-ring (bicyclic) bond motifs is 1. The molecule has 0 radical (unpaired) electrons. The monoisotopic (exact) mass is 243 g/mol. The minimum absolute atomic E-state index is 0.575. The SMILES string of the molecule is FC1(c2ccc3ccccc3c2)CCCNCC1. The highest BCUT2D eigenvalue weighted by atomic mass is 19.1. The predicted octanol–water partition coefficient (Wildman–Crippen LogP) is 3.78. The van der Waals surface area contributed by atoms with Crippen LogP contribution in [0, 0.1) is 0 Å². The lowest BCUT2D eigenvalue weighted by Gasteiger charge is -2.24. The van der Waals surface area contributed by atoms with Gasteiger partial charge < -0.3 is 5.32 Å². The Morgan fingerprint density at radius 1 is 0.944 bits per heavy atom. The van der Waals surface area contributed by atoms with Crippen LogP contribution in [0.25, 0.3) is 10.8 Å². The number of hydrogen-bond donors (Lipinski definition) is 1. The lowest BCUT2D eigenvalue weighted by Crippen LogP contribution is -2.22. The molecule has 1 nitrogen and oxygen atoms in total. The lowest BCUT2D eigenvalue weighted by molar-refractivity contribution is 0.145. The van der Waals surface area contributed by atoms with Gasteiger partial charge in [0.05, 0.1) is 0 Å². The van der Waals surface area contributed by atoms with Crippen LogP contribution in [0.5, 0.6) is 0 Å². The Hall–Kier alpha value is -1.41. The van der Waals surface area contributed by atoms with Crippen LogP contribution in [0.1, 0.15) is 24.8 Å². The first-order valence-corrected chi connectivity index (χ1v) is 6.67. The van der Waals surface area contributed by atoms with Crippen LogP contribution >= 0.6 is 0 Å². The molecule has 1 unspecified atom stereocenters. The molecule has 1 atom stereocenters. The summed E-state index contributed by atoms with van der Waals surface area (Å²) in [6.07, 6.45) is 2.10. The first-order valence-electron chi connectivity index (χ1n) is 6.67. The van der Waals surface area contributed by atoms with Crippen molar-refractivity contribution in [3.63, 3.8) is 0 Å². The topological polar surface area (TPSA) is 12.0 Å². The van der Waals surface area contributed by atoms with Gasteiger partial charge in [0.1, 0.15) is 5.67 Å². The Bertz CT molecular complexity index is 542. The van der Waals surface area contributed by atoms with Crippen LogP contribution < -0.4 is 5.32 Å². The normalized spacial score (nSPS) is 24.9. The van der Waals surface area contributed by atoms with E-state index in [9.17, 15) is 0 Å². The number of hydrogen-bond acceptors (Lipinski definition) is 1. The van der Waals surface area contributed by atoms with Crippen molar-refractivity contribution in [2.45, 2.75) is 24.9 Å². The fraction of sp³-hybridized carbons (Fsp3) is 0.375. The molecule has 2 aromatic rings. The van der Waals surface area contributed by atoms with E-state index in [4.69, 9.17) is 0 Å². The summed E-state index contributed by atoms with van der Waals surface area (Å²) in [7, 11) is 0. The van der Waals surface area contributed by atoms with E-state index in [1.165, 1.54) is 5.39 Å². The van der Waals surface area contributed by atoms with E-state index in [1.807, 2.05) is 30.3 Å². The van der Waals surface area contributed by atoms with Gasteiger partial charge in [-0.3, -0.25) is 0 Å². The average Bonchev–Trinajstić information content (AvgIpc) is 2.64. The van der Waals surface area contributed by atoms with Gasteiger partial charge in [0.15, 0.2) is 0 Å². The molecular weight excluding hydrogens is 225 g/mol. The van der Waals surface area contributed by atoms with Crippen molar-refractivity contribution in [2.75, 3.05) is 13.1 Å². The minimum atomic E-state index is -1.16. The molecule has 0 amide bonds. The van der Waals surface area contributed by atoms with Gasteiger partial charge in [-0.1, -0.05) is 36.4 Å². The minimum Gasteiger partial charge on any atom is -0.317 e. The second kappa shape index (κ2) is 4.69. The summed E-state index contributed by atoms with van der Waals surface area (Å²) < 4.78 is 15.1. The van der Waals surface area contributed by atoms with E-state index < -0.39 is 5.67 Å². The van der Waals surface area contributed by atoms with Crippen molar-refractivity contribution >= 4 is 10.8 Å². The van der Waals surface area contributed by atoms with Crippen molar-refractivity contribution in [1.29, 1.82) is 0 Å². The number of alkyl halides is 1. The van der Waals surface area contributed by atoms with Gasteiger partial charge in [-0.2, -0.15) is 0 Å². The van der Waals surface area contributed by atoms with E-state index in [0.29, 0.717) is 12.8 Å². The van der Waals surface area contributed by atoms with Crippen molar-refractivity contribution in [1.82, 2.24) is 5.32 Å². The Morgan fingerprint density at radius 2 is 1.78 bits per heavy atom. The second-order valence-corrected chi connectivity index (χ2v) is 5.13. The molecule has 2 heteroatoms. The third-order valence-electron chi connectivity index (χ3n) is 3.89. The molecule has 18 heavy (non-hydrogen) atoms. The largest absolute Gasteiger partial charge is 0.317 e. The van der Waals surface area contributed by atoms with E-state index in [1.54, 1.807) is 0 Å². The van der Waals surface area contributed by atoms with Gasteiger partial charge in [-0.15, -0.1) is 0 Å². The van der Waals surface area contributed by atoms with Crippen LogP contribution in [0.3, 0.4) is 0 Å². The van der Waals surface area contributed by atoms with E-state index >= 15 is 4.39 Å². The molecule has 0 aliphatic carbocycles. The molecule has 1 aliphatic heterocycles. The van der Waals surface area contributed by atoms with Crippen LogP contribution in [0.2, 0.25) is 0 Å². The van der Waals surface area contributed by atoms with Gasteiger partial charge >= 0.3 is 0 Å². The Kier molecular flexibility index (Phi) is 3.04. The van der Waals surface area contributed by atoms with Gasteiger partial charge in [0.2, 0.25) is 0 Å². The molecule has 1 saturated heterocycles. The zero-order valence-corrected chi connectivity index (χ0v) is 10.5. The molecule has 0 aromatic heterocycles. The van der Waals surface area contributed by atoms with Crippen molar-refractivity contribution in [3.8, 4) is 0 Å². The number of benzene rings is 2. The summed E-state index contributed by atoms with van der Waals surface area (Å²) in [4.78, 5) is 0. The number of nitrogens with one attached hydrogen (secondary N) is 1. The summed E-state index contributed by atoms with van der Waals surface area (Å²) in [5.74, 6) is 0. The van der Waals surface area contributed by atoms with E-state index in [0.717, 1.165) is 30.5 Å². The fourth-order valence-electron chi connectivity index (χ4n) is 2.79. The maximum absolute atomic E-state index is 15.1. The molecule has 0 spiro atoms. The van der Waals surface area contributed by atoms with Gasteiger partial charge in [0.25, 0.3) is 0 Å². The average molecular weight is 243 g/mol. The van der Waals surface area contributed by atoms with E-state index in [-0.39, 0.29) is 0 Å². The zero-order chi connectivity index (χ0) is 12.4. The van der Waals surface area contributed by atoms with Crippen LogP contribution in [-0.2, 0) is 5.67 Å².